The molecule has 0 spiro atoms. The van der Waals surface area contributed by atoms with E-state index in [1.165, 1.54) is 29.7 Å². The van der Waals surface area contributed by atoms with Gasteiger partial charge in [0.25, 0.3) is 0 Å². The highest BCUT2D eigenvalue weighted by Gasteiger charge is 2.24. The lowest BCUT2D eigenvalue weighted by molar-refractivity contribution is -0.121. The Labute approximate surface area is 163 Å². The molecule has 27 heavy (non-hydrogen) atoms. The third kappa shape index (κ3) is 4.99. The lowest BCUT2D eigenvalue weighted by Crippen LogP contribution is -2.37. The Balaban J connectivity index is 1.60. The molecule has 1 aromatic carbocycles. The van der Waals surface area contributed by atoms with Gasteiger partial charge in [-0.15, -0.1) is 0 Å². The molecule has 146 valence electrons. The van der Waals surface area contributed by atoms with E-state index in [0.29, 0.717) is 19.5 Å². The van der Waals surface area contributed by atoms with E-state index >= 15 is 0 Å². The summed E-state index contributed by atoms with van der Waals surface area (Å²) >= 11 is 1.18. The summed E-state index contributed by atoms with van der Waals surface area (Å²) in [6, 6.07) is 8.23. The van der Waals surface area contributed by atoms with Crippen molar-refractivity contribution in [1.29, 1.82) is 0 Å². The number of carbonyl (C=O) groups excluding carboxylic acids is 1. The van der Waals surface area contributed by atoms with Crippen molar-refractivity contribution in [2.24, 2.45) is 0 Å². The van der Waals surface area contributed by atoms with E-state index in [2.05, 4.69) is 22.3 Å². The normalized spacial score (nSPS) is 15.6. The van der Waals surface area contributed by atoms with Crippen LogP contribution in [0.5, 0.6) is 5.75 Å². The summed E-state index contributed by atoms with van der Waals surface area (Å²) in [5, 5.41) is 4.89. The molecular formula is C20H27N3O3S. The molecule has 1 aromatic heterocycles. The van der Waals surface area contributed by atoms with Crippen LogP contribution in [0.15, 0.2) is 34.4 Å². The van der Waals surface area contributed by atoms with Gasteiger partial charge in [0.1, 0.15) is 5.75 Å². The molecule has 1 fully saturated rings. The Morgan fingerprint density at radius 1 is 1.26 bits per heavy atom. The number of hydrogen-bond donors (Lipinski definition) is 1. The molecule has 6 nitrogen and oxygen atoms in total. The van der Waals surface area contributed by atoms with Crippen molar-refractivity contribution in [2.75, 3.05) is 26.7 Å². The van der Waals surface area contributed by atoms with Gasteiger partial charge in [0.15, 0.2) is 0 Å². The third-order valence-corrected chi connectivity index (χ3v) is 5.99. The monoisotopic (exact) mass is 389 g/mol. The maximum Gasteiger partial charge on any atom is 0.307 e. The van der Waals surface area contributed by atoms with Crippen LogP contribution in [0.4, 0.5) is 0 Å². The van der Waals surface area contributed by atoms with Crippen LogP contribution in [0.1, 0.15) is 36.6 Å². The van der Waals surface area contributed by atoms with Crippen molar-refractivity contribution in [3.05, 3.63) is 50.6 Å². The van der Waals surface area contributed by atoms with Crippen LogP contribution < -0.4 is 14.9 Å². The first-order valence-corrected chi connectivity index (χ1v) is 10.3. The molecule has 2 heterocycles. The maximum atomic E-state index is 12.4. The standard InChI is InChI=1S/C20H27N3O3S/c1-15-14-27-20(25)23(15)12-9-19(24)21-13-18(22-10-3-4-11-22)16-5-7-17(26-2)8-6-16/h5-8,14,18H,3-4,9-13H2,1-2H3,(H,21,24)/t18-/m1/s1. The van der Waals surface area contributed by atoms with Crippen LogP contribution >= 0.6 is 11.3 Å². The summed E-state index contributed by atoms with van der Waals surface area (Å²) in [5.74, 6) is 0.810. The van der Waals surface area contributed by atoms with Crippen molar-refractivity contribution in [2.45, 2.75) is 38.8 Å². The number of aromatic nitrogens is 1. The molecule has 0 radical (unpaired) electrons. The topological polar surface area (TPSA) is 63.6 Å². The van der Waals surface area contributed by atoms with Crippen LogP contribution in [0, 0.1) is 6.92 Å². The van der Waals surface area contributed by atoms with Gasteiger partial charge in [-0.05, 0) is 50.6 Å². The molecule has 3 rings (SSSR count). The van der Waals surface area contributed by atoms with Crippen LogP contribution in [0.2, 0.25) is 0 Å². The quantitative estimate of drug-likeness (QED) is 0.754. The van der Waals surface area contributed by atoms with E-state index in [4.69, 9.17) is 4.74 Å². The number of nitrogens with zero attached hydrogens (tertiary/aromatic N) is 2. The number of carbonyl (C=O) groups is 1. The highest BCUT2D eigenvalue weighted by Crippen LogP contribution is 2.26. The van der Waals surface area contributed by atoms with Gasteiger partial charge in [0.05, 0.1) is 13.2 Å². The second-order valence-electron chi connectivity index (χ2n) is 6.88. The average molecular weight is 390 g/mol. The van der Waals surface area contributed by atoms with Gasteiger partial charge in [-0.3, -0.25) is 14.5 Å². The summed E-state index contributed by atoms with van der Waals surface area (Å²) in [6.07, 6.45) is 2.70. The van der Waals surface area contributed by atoms with Crippen molar-refractivity contribution < 1.29 is 9.53 Å². The van der Waals surface area contributed by atoms with Crippen LogP contribution in [0.25, 0.3) is 0 Å². The maximum absolute atomic E-state index is 12.4. The molecule has 1 aliphatic heterocycles. The van der Waals surface area contributed by atoms with Crippen molar-refractivity contribution in [3.63, 3.8) is 0 Å². The second kappa shape index (κ2) is 9.19. The van der Waals surface area contributed by atoms with Crippen LogP contribution in [0.3, 0.4) is 0 Å². The van der Waals surface area contributed by atoms with Crippen molar-refractivity contribution in [1.82, 2.24) is 14.8 Å². The van der Waals surface area contributed by atoms with E-state index in [1.807, 2.05) is 24.4 Å². The number of thiazole rings is 1. The minimum Gasteiger partial charge on any atom is -0.497 e. The number of nitrogens with one attached hydrogen (secondary N) is 1. The highest BCUT2D eigenvalue weighted by molar-refractivity contribution is 7.07. The SMILES string of the molecule is COc1ccc([C@@H](CNC(=O)CCn2c(C)csc2=O)N2CCCC2)cc1. The molecule has 0 unspecified atom stereocenters. The number of hydrogen-bond acceptors (Lipinski definition) is 5. The van der Waals surface area contributed by atoms with Gasteiger partial charge in [0.2, 0.25) is 5.91 Å². The van der Waals surface area contributed by atoms with Gasteiger partial charge in [-0.2, -0.15) is 0 Å². The van der Waals surface area contributed by atoms with Crippen LogP contribution in [-0.4, -0.2) is 42.1 Å². The fourth-order valence-electron chi connectivity index (χ4n) is 3.52. The predicted molar refractivity (Wildman–Crippen MR) is 107 cm³/mol. The summed E-state index contributed by atoms with van der Waals surface area (Å²) in [6.45, 7) is 4.99. The fourth-order valence-corrected chi connectivity index (χ4v) is 4.29. The van der Waals surface area contributed by atoms with Crippen LogP contribution in [-0.2, 0) is 11.3 Å². The molecule has 1 atom stereocenters. The van der Waals surface area contributed by atoms with Gasteiger partial charge in [0, 0.05) is 30.6 Å². The zero-order valence-electron chi connectivity index (χ0n) is 15.9. The molecule has 0 aliphatic carbocycles. The van der Waals surface area contributed by atoms with E-state index < -0.39 is 0 Å². The minimum atomic E-state index is -0.0230. The molecule has 0 bridgehead atoms. The molecule has 1 N–H and O–H groups in total. The number of amides is 1. The molecule has 1 saturated heterocycles. The van der Waals surface area contributed by atoms with Gasteiger partial charge in [-0.1, -0.05) is 23.5 Å². The third-order valence-electron chi connectivity index (χ3n) is 5.11. The molecular weight excluding hydrogens is 362 g/mol. The highest BCUT2D eigenvalue weighted by atomic mass is 32.1. The minimum absolute atomic E-state index is 0.00604. The molecule has 0 saturated carbocycles. The lowest BCUT2D eigenvalue weighted by Gasteiger charge is -2.28. The lowest BCUT2D eigenvalue weighted by atomic mass is 10.1. The number of ether oxygens (including phenoxy) is 1. The smallest absolute Gasteiger partial charge is 0.307 e. The Hall–Kier alpha value is -2.12. The summed E-state index contributed by atoms with van der Waals surface area (Å²) in [4.78, 5) is 26.5. The molecule has 7 heteroatoms. The number of rotatable bonds is 8. The Bertz CT molecular complexity index is 807. The van der Waals surface area contributed by atoms with E-state index in [1.54, 1.807) is 11.7 Å². The number of benzene rings is 1. The predicted octanol–water partition coefficient (Wildman–Crippen LogP) is 2.57. The Morgan fingerprint density at radius 2 is 1.96 bits per heavy atom. The Kier molecular flexibility index (Phi) is 6.68. The number of likely N-dealkylation sites (tertiary alicyclic amines) is 1. The zero-order chi connectivity index (χ0) is 19.2. The zero-order valence-corrected chi connectivity index (χ0v) is 16.8. The van der Waals surface area contributed by atoms with E-state index in [0.717, 1.165) is 24.5 Å². The van der Waals surface area contributed by atoms with Crippen molar-refractivity contribution >= 4 is 17.2 Å². The van der Waals surface area contributed by atoms with Crippen molar-refractivity contribution in [3.8, 4) is 5.75 Å². The summed E-state index contributed by atoms with van der Waals surface area (Å²) < 4.78 is 6.91. The Morgan fingerprint density at radius 3 is 2.56 bits per heavy atom. The molecule has 1 aliphatic rings. The number of methoxy groups -OCH3 is 1. The summed E-state index contributed by atoms with van der Waals surface area (Å²) in [5.41, 5.74) is 2.09. The first-order valence-electron chi connectivity index (χ1n) is 9.38. The molecule has 2 aromatic rings. The first kappa shape index (κ1) is 19.6. The van der Waals surface area contributed by atoms with Gasteiger partial charge < -0.3 is 14.6 Å². The fraction of sp³-hybridized carbons (Fsp3) is 0.500. The summed E-state index contributed by atoms with van der Waals surface area (Å²) in [7, 11) is 1.66. The van der Waals surface area contributed by atoms with Gasteiger partial charge in [-0.25, -0.2) is 0 Å². The van der Waals surface area contributed by atoms with E-state index in [-0.39, 0.29) is 16.8 Å². The first-order chi connectivity index (χ1) is 13.1. The second-order valence-corrected chi connectivity index (χ2v) is 7.70. The molecule has 1 amide bonds. The van der Waals surface area contributed by atoms with E-state index in [9.17, 15) is 9.59 Å². The van der Waals surface area contributed by atoms with Gasteiger partial charge >= 0.3 is 4.87 Å². The average Bonchev–Trinajstić information content (AvgIpc) is 3.31. The number of aryl methyl sites for hydroxylation is 1. The largest absolute Gasteiger partial charge is 0.497 e.